The minimum absolute atomic E-state index is 0.210. The Hall–Kier alpha value is -0.850. The van der Waals surface area contributed by atoms with Gasteiger partial charge in [-0.1, -0.05) is 11.6 Å². The van der Waals surface area contributed by atoms with Crippen LogP contribution in [0.1, 0.15) is 0 Å². The largest absolute Gasteiger partial charge is 0.383 e. The van der Waals surface area contributed by atoms with E-state index in [1.807, 2.05) is 0 Å². The van der Waals surface area contributed by atoms with Gasteiger partial charge in [0.1, 0.15) is 10.4 Å². The molecule has 7 heteroatoms. The zero-order valence-corrected chi connectivity index (χ0v) is 11.8. The van der Waals surface area contributed by atoms with E-state index in [1.54, 1.807) is 12.1 Å². The average Bonchev–Trinajstić information content (AvgIpc) is 2.13. The van der Waals surface area contributed by atoms with Gasteiger partial charge in [0.05, 0.1) is 16.8 Å². The van der Waals surface area contributed by atoms with Crippen molar-refractivity contribution in [3.8, 4) is 5.75 Å². The molecule has 2 rings (SSSR count). The van der Waals surface area contributed by atoms with E-state index >= 15 is 0 Å². The monoisotopic (exact) mass is 335 g/mol. The molecule has 0 radical (unpaired) electrons. The van der Waals surface area contributed by atoms with Gasteiger partial charge in [0.15, 0.2) is 0 Å². The lowest BCUT2D eigenvalue weighted by atomic mass is 10.2. The molecule has 0 amide bonds. The van der Waals surface area contributed by atoms with Crippen LogP contribution in [0, 0.1) is 0 Å². The average molecular weight is 337 g/mol. The van der Waals surface area contributed by atoms with Crippen molar-refractivity contribution < 1.29 is 12.6 Å². The van der Waals surface area contributed by atoms with Gasteiger partial charge in [-0.15, -0.1) is 0 Å². The highest BCUT2D eigenvalue weighted by molar-refractivity contribution is 9.10. The normalized spacial score (nSPS) is 11.7. The SMILES string of the molecule is CS(=O)(=O)Oc1ccc2c(Cl)cc(Br)nc2c1. The van der Waals surface area contributed by atoms with Gasteiger partial charge >= 0.3 is 10.1 Å². The fraction of sp³-hybridized carbons (Fsp3) is 0.100. The van der Waals surface area contributed by atoms with Crippen LogP contribution >= 0.6 is 27.5 Å². The first-order chi connectivity index (χ1) is 7.85. The third-order valence-corrected chi connectivity index (χ3v) is 3.16. The molecule has 1 heterocycles. The maximum Gasteiger partial charge on any atom is 0.306 e. The number of rotatable bonds is 2. The first-order valence-electron chi connectivity index (χ1n) is 4.50. The Morgan fingerprint density at radius 2 is 2.06 bits per heavy atom. The lowest BCUT2D eigenvalue weighted by molar-refractivity contribution is 0.493. The Morgan fingerprint density at radius 3 is 2.71 bits per heavy atom. The molecule has 90 valence electrons. The molecular formula is C10H7BrClNO3S. The first-order valence-corrected chi connectivity index (χ1v) is 7.49. The van der Waals surface area contributed by atoms with Crippen LogP contribution in [0.2, 0.25) is 5.02 Å². The Labute approximate surface area is 112 Å². The molecule has 0 aliphatic carbocycles. The second-order valence-corrected chi connectivity index (χ2v) is 6.19. The van der Waals surface area contributed by atoms with Crippen molar-refractivity contribution in [2.24, 2.45) is 0 Å². The van der Waals surface area contributed by atoms with Gasteiger partial charge in [-0.05, 0) is 34.1 Å². The summed E-state index contributed by atoms with van der Waals surface area (Å²) >= 11 is 9.23. The van der Waals surface area contributed by atoms with Crippen LogP contribution in [0.3, 0.4) is 0 Å². The molecular weight excluding hydrogens is 330 g/mol. The molecule has 0 aliphatic heterocycles. The van der Waals surface area contributed by atoms with Gasteiger partial charge < -0.3 is 4.18 Å². The third kappa shape index (κ3) is 3.08. The quantitative estimate of drug-likeness (QED) is 0.625. The molecule has 0 unspecified atom stereocenters. The molecule has 1 aromatic carbocycles. The number of fused-ring (bicyclic) bond motifs is 1. The molecule has 0 aliphatic rings. The number of aromatic nitrogens is 1. The molecule has 4 nitrogen and oxygen atoms in total. The highest BCUT2D eigenvalue weighted by Gasteiger charge is 2.08. The number of nitrogens with zero attached hydrogens (tertiary/aromatic N) is 1. The third-order valence-electron chi connectivity index (χ3n) is 1.95. The summed E-state index contributed by atoms with van der Waals surface area (Å²) in [6.07, 6.45) is 0.985. The maximum absolute atomic E-state index is 11.0. The zero-order chi connectivity index (χ0) is 12.6. The molecule has 0 bridgehead atoms. The van der Waals surface area contributed by atoms with Gasteiger partial charge in [0.2, 0.25) is 0 Å². The Bertz CT molecular complexity index is 687. The van der Waals surface area contributed by atoms with E-state index < -0.39 is 10.1 Å². The second kappa shape index (κ2) is 4.44. The number of benzene rings is 1. The molecule has 0 N–H and O–H groups in total. The lowest BCUT2D eigenvalue weighted by Crippen LogP contribution is -2.05. The van der Waals surface area contributed by atoms with Crippen LogP contribution in [-0.2, 0) is 10.1 Å². The summed E-state index contributed by atoms with van der Waals surface area (Å²) in [5.41, 5.74) is 0.561. The van der Waals surface area contributed by atoms with E-state index in [0.29, 0.717) is 15.1 Å². The summed E-state index contributed by atoms with van der Waals surface area (Å²) in [6.45, 7) is 0. The standard InChI is InChI=1S/C10H7BrClNO3S/c1-17(14,15)16-6-2-3-7-8(12)5-10(11)13-9(7)4-6/h2-5H,1H3. The topological polar surface area (TPSA) is 56.3 Å². The van der Waals surface area contributed by atoms with Gasteiger partial charge in [-0.25, -0.2) is 4.98 Å². The minimum atomic E-state index is -3.54. The molecule has 17 heavy (non-hydrogen) atoms. The van der Waals surface area contributed by atoms with Crippen molar-refractivity contribution in [1.29, 1.82) is 0 Å². The summed E-state index contributed by atoms with van der Waals surface area (Å²) in [4.78, 5) is 4.18. The van der Waals surface area contributed by atoms with E-state index in [2.05, 4.69) is 20.9 Å². The molecule has 0 spiro atoms. The van der Waals surface area contributed by atoms with Crippen LogP contribution in [0.5, 0.6) is 5.75 Å². The van der Waals surface area contributed by atoms with E-state index in [1.165, 1.54) is 12.1 Å². The van der Waals surface area contributed by atoms with Gasteiger partial charge in [0, 0.05) is 11.5 Å². The van der Waals surface area contributed by atoms with E-state index in [-0.39, 0.29) is 5.75 Å². The minimum Gasteiger partial charge on any atom is -0.383 e. The van der Waals surface area contributed by atoms with Crippen LogP contribution in [-0.4, -0.2) is 19.7 Å². The van der Waals surface area contributed by atoms with Crippen molar-refractivity contribution in [3.05, 3.63) is 33.9 Å². The van der Waals surface area contributed by atoms with Crippen molar-refractivity contribution >= 4 is 48.6 Å². The van der Waals surface area contributed by atoms with E-state index in [9.17, 15) is 8.42 Å². The van der Waals surface area contributed by atoms with Crippen LogP contribution < -0.4 is 4.18 Å². The maximum atomic E-state index is 11.0. The van der Waals surface area contributed by atoms with Gasteiger partial charge in [0.25, 0.3) is 0 Å². The number of hydrogen-bond acceptors (Lipinski definition) is 4. The molecule has 0 saturated heterocycles. The van der Waals surface area contributed by atoms with Crippen LogP contribution in [0.15, 0.2) is 28.9 Å². The predicted molar refractivity (Wildman–Crippen MR) is 69.9 cm³/mol. The van der Waals surface area contributed by atoms with Crippen molar-refractivity contribution in [2.75, 3.05) is 6.26 Å². The van der Waals surface area contributed by atoms with Crippen molar-refractivity contribution in [2.45, 2.75) is 0 Å². The molecule has 0 fully saturated rings. The fourth-order valence-electron chi connectivity index (χ4n) is 1.36. The van der Waals surface area contributed by atoms with Gasteiger partial charge in [-0.3, -0.25) is 0 Å². The van der Waals surface area contributed by atoms with E-state index in [4.69, 9.17) is 15.8 Å². The number of halogens is 2. The molecule has 1 aromatic heterocycles. The van der Waals surface area contributed by atoms with Crippen LogP contribution in [0.25, 0.3) is 10.9 Å². The number of pyridine rings is 1. The van der Waals surface area contributed by atoms with Crippen molar-refractivity contribution in [3.63, 3.8) is 0 Å². The summed E-state index contributed by atoms with van der Waals surface area (Å²) < 4.78 is 27.3. The molecule has 0 saturated carbocycles. The van der Waals surface area contributed by atoms with Crippen LogP contribution in [0.4, 0.5) is 0 Å². The smallest absolute Gasteiger partial charge is 0.306 e. The van der Waals surface area contributed by atoms with Gasteiger partial charge in [-0.2, -0.15) is 8.42 Å². The lowest BCUT2D eigenvalue weighted by Gasteiger charge is -2.05. The number of hydrogen-bond donors (Lipinski definition) is 0. The summed E-state index contributed by atoms with van der Waals surface area (Å²) in [6, 6.07) is 6.39. The predicted octanol–water partition coefficient (Wildman–Crippen LogP) is 2.99. The first kappa shape index (κ1) is 12.6. The highest BCUT2D eigenvalue weighted by atomic mass is 79.9. The summed E-state index contributed by atoms with van der Waals surface area (Å²) in [7, 11) is -3.54. The van der Waals surface area contributed by atoms with E-state index in [0.717, 1.165) is 11.6 Å². The summed E-state index contributed by atoms with van der Waals surface area (Å²) in [5.74, 6) is 0.210. The summed E-state index contributed by atoms with van der Waals surface area (Å²) in [5, 5.41) is 1.27. The Balaban J connectivity index is 2.58. The fourth-order valence-corrected chi connectivity index (χ4v) is 2.63. The highest BCUT2D eigenvalue weighted by Crippen LogP contribution is 2.28. The Kier molecular flexibility index (Phi) is 3.29. The molecule has 2 aromatic rings. The zero-order valence-electron chi connectivity index (χ0n) is 8.65. The molecule has 0 atom stereocenters. The van der Waals surface area contributed by atoms with Crippen molar-refractivity contribution in [1.82, 2.24) is 4.98 Å². The second-order valence-electron chi connectivity index (χ2n) is 3.39. The Morgan fingerprint density at radius 1 is 1.35 bits per heavy atom.